The number of aromatic nitrogens is 5. The minimum atomic E-state index is -0.861. The van der Waals surface area contributed by atoms with Crippen LogP contribution in [-0.2, 0) is 0 Å². The minimum Gasteiger partial charge on any atom is -0.492 e. The van der Waals surface area contributed by atoms with Crippen molar-refractivity contribution in [1.82, 2.24) is 24.5 Å². The van der Waals surface area contributed by atoms with Crippen LogP contribution in [-0.4, -0.2) is 42.8 Å². The Labute approximate surface area is 218 Å². The number of anilines is 1. The Morgan fingerprint density at radius 3 is 2.86 bits per heavy atom. The second kappa shape index (κ2) is 10.5. The fourth-order valence-electron chi connectivity index (χ4n) is 4.19. The average Bonchev–Trinajstić information content (AvgIpc) is 3.57. The first-order valence-corrected chi connectivity index (χ1v) is 12.4. The van der Waals surface area contributed by atoms with Gasteiger partial charge in [-0.25, -0.2) is 9.97 Å². The van der Waals surface area contributed by atoms with E-state index in [1.807, 2.05) is 36.7 Å². The number of hydrogen-bond donors (Lipinski definition) is 4. The molecule has 3 aromatic heterocycles. The Hall–Kier alpha value is -4.08. The van der Waals surface area contributed by atoms with Gasteiger partial charge in [-0.15, -0.1) is 0 Å². The molecule has 5 aromatic rings. The van der Waals surface area contributed by atoms with Gasteiger partial charge in [0.05, 0.1) is 40.8 Å². The van der Waals surface area contributed by atoms with Gasteiger partial charge in [0.15, 0.2) is 0 Å². The number of aromatic amines is 2. The maximum atomic E-state index is 12.9. The summed E-state index contributed by atoms with van der Waals surface area (Å²) in [5.74, 6) is 1.01. The summed E-state index contributed by atoms with van der Waals surface area (Å²) in [6.07, 6.45) is 6.89. The van der Waals surface area contributed by atoms with Crippen LogP contribution in [0.25, 0.3) is 28.1 Å². The van der Waals surface area contributed by atoms with E-state index in [4.69, 9.17) is 21.3 Å². The number of imidazole rings is 2. The average molecular weight is 519 g/mol. The van der Waals surface area contributed by atoms with E-state index in [2.05, 4.69) is 20.3 Å². The number of pyridine rings is 1. The molecular weight excluding hydrogens is 492 g/mol. The first kappa shape index (κ1) is 24.6. The van der Waals surface area contributed by atoms with Crippen LogP contribution in [0.4, 0.5) is 5.69 Å². The predicted molar refractivity (Wildman–Crippen MR) is 145 cm³/mol. The van der Waals surface area contributed by atoms with Crippen LogP contribution in [0, 0.1) is 6.92 Å². The number of ether oxygens (including phenoxy) is 1. The van der Waals surface area contributed by atoms with E-state index < -0.39 is 6.10 Å². The third-order valence-electron chi connectivity index (χ3n) is 6.05. The normalized spacial score (nSPS) is 12.1. The molecule has 10 heteroatoms. The van der Waals surface area contributed by atoms with E-state index in [0.29, 0.717) is 40.0 Å². The Kier molecular flexibility index (Phi) is 6.98. The summed E-state index contributed by atoms with van der Waals surface area (Å²) in [5.41, 5.74) is 4.71. The van der Waals surface area contributed by atoms with Crippen molar-refractivity contribution in [2.75, 3.05) is 18.5 Å². The molecule has 37 heavy (non-hydrogen) atoms. The Bertz CT molecular complexity index is 1590. The summed E-state index contributed by atoms with van der Waals surface area (Å²) in [7, 11) is 0. The summed E-state index contributed by atoms with van der Waals surface area (Å²) >= 11 is 6.33. The molecular formula is C27H27ClN6O3. The monoisotopic (exact) mass is 518 g/mol. The number of aliphatic hydroxyl groups is 1. The zero-order valence-electron chi connectivity index (χ0n) is 20.5. The molecule has 0 bridgehead atoms. The van der Waals surface area contributed by atoms with Crippen molar-refractivity contribution in [3.63, 3.8) is 0 Å². The zero-order valence-corrected chi connectivity index (χ0v) is 21.2. The maximum Gasteiger partial charge on any atom is 0.261 e. The molecule has 1 atom stereocenters. The number of H-pyrrole nitrogens is 2. The van der Waals surface area contributed by atoms with E-state index in [1.54, 1.807) is 43.0 Å². The highest BCUT2D eigenvalue weighted by atomic mass is 35.5. The SMILES string of the molecule is CCCOc1ccc(C(O)CNc2cc[nH]c(=O)c2-c2nc3c(C)cc(-n4ccnc4)cc3[nH]2)cc1Cl. The van der Waals surface area contributed by atoms with Gasteiger partial charge >= 0.3 is 0 Å². The van der Waals surface area contributed by atoms with Crippen LogP contribution in [0.15, 0.2) is 66.1 Å². The molecule has 3 heterocycles. The lowest BCUT2D eigenvalue weighted by Crippen LogP contribution is -2.17. The number of fused-ring (bicyclic) bond motifs is 1. The Morgan fingerprint density at radius 2 is 2.11 bits per heavy atom. The molecule has 0 radical (unpaired) electrons. The molecule has 5 rings (SSSR count). The van der Waals surface area contributed by atoms with Crippen molar-refractivity contribution in [2.24, 2.45) is 0 Å². The van der Waals surface area contributed by atoms with Gasteiger partial charge in [-0.1, -0.05) is 24.6 Å². The molecule has 2 aromatic carbocycles. The summed E-state index contributed by atoms with van der Waals surface area (Å²) in [4.78, 5) is 27.7. The van der Waals surface area contributed by atoms with Crippen LogP contribution in [0.5, 0.6) is 5.75 Å². The fraction of sp³-hybridized carbons (Fsp3) is 0.222. The van der Waals surface area contributed by atoms with Gasteiger partial charge in [-0.05, 0) is 54.8 Å². The van der Waals surface area contributed by atoms with Gasteiger partial charge in [0.25, 0.3) is 5.56 Å². The van der Waals surface area contributed by atoms with Crippen LogP contribution >= 0.6 is 11.6 Å². The highest BCUT2D eigenvalue weighted by molar-refractivity contribution is 6.32. The second-order valence-electron chi connectivity index (χ2n) is 8.74. The van der Waals surface area contributed by atoms with Crippen molar-refractivity contribution in [1.29, 1.82) is 0 Å². The van der Waals surface area contributed by atoms with Gasteiger partial charge in [-0.3, -0.25) is 4.79 Å². The first-order valence-electron chi connectivity index (χ1n) is 12.0. The molecule has 190 valence electrons. The van der Waals surface area contributed by atoms with Crippen molar-refractivity contribution >= 4 is 28.3 Å². The van der Waals surface area contributed by atoms with Gasteiger partial charge in [0.1, 0.15) is 17.1 Å². The van der Waals surface area contributed by atoms with Crippen molar-refractivity contribution in [2.45, 2.75) is 26.4 Å². The molecule has 0 aliphatic carbocycles. The summed E-state index contributed by atoms with van der Waals surface area (Å²) in [6.45, 7) is 4.72. The fourth-order valence-corrected chi connectivity index (χ4v) is 4.43. The number of nitrogens with one attached hydrogen (secondary N) is 3. The summed E-state index contributed by atoms with van der Waals surface area (Å²) in [6, 6.07) is 11.0. The number of hydrogen-bond acceptors (Lipinski definition) is 6. The van der Waals surface area contributed by atoms with E-state index >= 15 is 0 Å². The van der Waals surface area contributed by atoms with Crippen molar-refractivity contribution < 1.29 is 9.84 Å². The van der Waals surface area contributed by atoms with Gasteiger partial charge in [-0.2, -0.15) is 0 Å². The highest BCUT2D eigenvalue weighted by Gasteiger charge is 2.18. The lowest BCUT2D eigenvalue weighted by Gasteiger charge is -2.16. The predicted octanol–water partition coefficient (Wildman–Crippen LogP) is 5.00. The number of benzene rings is 2. The van der Waals surface area contributed by atoms with Crippen molar-refractivity contribution in [3.8, 4) is 22.8 Å². The summed E-state index contributed by atoms with van der Waals surface area (Å²) < 4.78 is 7.52. The van der Waals surface area contributed by atoms with Gasteiger partial charge < -0.3 is 29.7 Å². The third kappa shape index (κ3) is 5.09. The number of aliphatic hydroxyl groups excluding tert-OH is 1. The minimum absolute atomic E-state index is 0.159. The summed E-state index contributed by atoms with van der Waals surface area (Å²) in [5, 5.41) is 14.4. The molecule has 9 nitrogen and oxygen atoms in total. The topological polar surface area (TPSA) is 121 Å². The van der Waals surface area contributed by atoms with E-state index in [9.17, 15) is 9.90 Å². The second-order valence-corrected chi connectivity index (χ2v) is 9.15. The van der Waals surface area contributed by atoms with Crippen LogP contribution in [0.1, 0.15) is 30.6 Å². The molecule has 0 aliphatic heterocycles. The largest absolute Gasteiger partial charge is 0.492 e. The molecule has 0 spiro atoms. The number of rotatable bonds is 9. The molecule has 0 aliphatic rings. The molecule has 4 N–H and O–H groups in total. The number of aryl methyl sites for hydroxylation is 1. The molecule has 0 saturated carbocycles. The third-order valence-corrected chi connectivity index (χ3v) is 6.35. The van der Waals surface area contributed by atoms with Crippen LogP contribution in [0.3, 0.4) is 0 Å². The van der Waals surface area contributed by atoms with Crippen molar-refractivity contribution in [3.05, 3.63) is 87.8 Å². The zero-order chi connectivity index (χ0) is 25.9. The van der Waals surface area contributed by atoms with E-state index in [0.717, 1.165) is 28.7 Å². The lowest BCUT2D eigenvalue weighted by molar-refractivity contribution is 0.191. The Balaban J connectivity index is 1.41. The van der Waals surface area contributed by atoms with E-state index in [1.165, 1.54) is 0 Å². The van der Waals surface area contributed by atoms with E-state index in [-0.39, 0.29) is 12.1 Å². The lowest BCUT2D eigenvalue weighted by atomic mass is 10.1. The smallest absolute Gasteiger partial charge is 0.261 e. The molecule has 1 unspecified atom stereocenters. The first-order chi connectivity index (χ1) is 17.9. The Morgan fingerprint density at radius 1 is 1.24 bits per heavy atom. The maximum absolute atomic E-state index is 12.9. The standard InChI is InChI=1S/C27H27ClN6O3/c1-3-10-37-23-5-4-17(12-19(23)28)22(35)14-31-20-6-7-30-27(36)24(20)26-32-21-13-18(34-9-8-29-15-34)11-16(2)25(21)33-26/h4-9,11-13,15,22,35H,3,10,14H2,1-2H3,(H,32,33)(H2,30,31,36). The molecule has 0 fully saturated rings. The molecule has 0 saturated heterocycles. The quantitative estimate of drug-likeness (QED) is 0.218. The number of halogens is 1. The van der Waals surface area contributed by atoms with Crippen LogP contribution in [0.2, 0.25) is 5.02 Å². The molecule has 0 amide bonds. The highest BCUT2D eigenvalue weighted by Crippen LogP contribution is 2.30. The number of nitrogens with zero attached hydrogens (tertiary/aromatic N) is 3. The van der Waals surface area contributed by atoms with Gasteiger partial charge in [0, 0.05) is 30.8 Å². The van der Waals surface area contributed by atoms with Gasteiger partial charge in [0.2, 0.25) is 0 Å². The van der Waals surface area contributed by atoms with Crippen LogP contribution < -0.4 is 15.6 Å².